The standard InChI is InChI=1S/C29H28BrN3O6S/c1-5-7-20-25(28(35)38-6-2)26(19-16-18(30)9-11-21(19)36-3)33-27(34)24(40-29(33)32-20)15-17-8-10-22(39-13-12-31)23(14-17)37-4/h8-11,14-16,26H,5-7,13H2,1-4H3/b24-15+/t26-/m0/s1. The molecule has 9 nitrogen and oxygen atoms in total. The summed E-state index contributed by atoms with van der Waals surface area (Å²) in [6.07, 6.45) is 3.02. The highest BCUT2D eigenvalue weighted by Gasteiger charge is 2.36. The van der Waals surface area contributed by atoms with Gasteiger partial charge in [-0.05, 0) is 55.3 Å². The van der Waals surface area contributed by atoms with Gasteiger partial charge in [-0.1, -0.05) is 46.7 Å². The minimum absolute atomic E-state index is 0.115. The molecule has 1 aliphatic heterocycles. The molecule has 0 aliphatic carbocycles. The van der Waals surface area contributed by atoms with E-state index >= 15 is 0 Å². The summed E-state index contributed by atoms with van der Waals surface area (Å²) in [7, 11) is 3.05. The number of allylic oxidation sites excluding steroid dienone is 1. The third-order valence-corrected chi connectivity index (χ3v) is 7.63. The van der Waals surface area contributed by atoms with Gasteiger partial charge in [-0.2, -0.15) is 5.26 Å². The van der Waals surface area contributed by atoms with Gasteiger partial charge in [0.2, 0.25) is 0 Å². The zero-order chi connectivity index (χ0) is 28.8. The smallest absolute Gasteiger partial charge is 0.338 e. The quantitative estimate of drug-likeness (QED) is 0.309. The molecule has 1 aliphatic rings. The van der Waals surface area contributed by atoms with E-state index in [4.69, 9.17) is 29.2 Å². The van der Waals surface area contributed by atoms with Gasteiger partial charge in [0.15, 0.2) is 22.9 Å². The molecular weight excluding hydrogens is 598 g/mol. The second-order valence-electron chi connectivity index (χ2n) is 8.66. The van der Waals surface area contributed by atoms with Gasteiger partial charge in [0, 0.05) is 10.0 Å². The van der Waals surface area contributed by atoms with Crippen molar-refractivity contribution in [1.82, 2.24) is 4.57 Å². The molecule has 4 rings (SSSR count). The number of aromatic nitrogens is 1. The first-order valence-electron chi connectivity index (χ1n) is 12.6. The molecule has 0 N–H and O–H groups in total. The normalized spacial score (nSPS) is 14.7. The van der Waals surface area contributed by atoms with Crippen molar-refractivity contribution in [2.24, 2.45) is 4.99 Å². The number of methoxy groups -OCH3 is 2. The van der Waals surface area contributed by atoms with Crippen molar-refractivity contribution in [3.05, 3.63) is 83.0 Å². The molecule has 0 radical (unpaired) electrons. The van der Waals surface area contributed by atoms with E-state index in [0.29, 0.717) is 55.4 Å². The molecule has 2 aromatic carbocycles. The molecule has 2 heterocycles. The molecule has 40 heavy (non-hydrogen) atoms. The number of hydrogen-bond donors (Lipinski definition) is 0. The fourth-order valence-corrected chi connectivity index (χ4v) is 5.89. The Hall–Kier alpha value is -3.88. The number of esters is 1. The molecule has 0 amide bonds. The van der Waals surface area contributed by atoms with E-state index in [0.717, 1.165) is 10.9 Å². The van der Waals surface area contributed by atoms with Crippen LogP contribution in [0.4, 0.5) is 0 Å². The average molecular weight is 627 g/mol. The molecule has 1 atom stereocenters. The van der Waals surface area contributed by atoms with Crippen molar-refractivity contribution in [1.29, 1.82) is 5.26 Å². The maximum atomic E-state index is 14.0. The first-order chi connectivity index (χ1) is 19.4. The Bertz CT molecular complexity index is 1680. The number of thiazole rings is 1. The Kier molecular flexibility index (Phi) is 9.45. The molecular formula is C29H28BrN3O6S. The Morgan fingerprint density at radius 1 is 1.15 bits per heavy atom. The number of nitriles is 1. The summed E-state index contributed by atoms with van der Waals surface area (Å²) in [6, 6.07) is 11.8. The van der Waals surface area contributed by atoms with Crippen LogP contribution in [0, 0.1) is 11.3 Å². The van der Waals surface area contributed by atoms with E-state index < -0.39 is 12.0 Å². The largest absolute Gasteiger partial charge is 0.496 e. The van der Waals surface area contributed by atoms with Crippen molar-refractivity contribution in [3.8, 4) is 23.3 Å². The number of fused-ring (bicyclic) bond motifs is 1. The van der Waals surface area contributed by atoms with E-state index in [-0.39, 0.29) is 18.8 Å². The second kappa shape index (κ2) is 13.0. The lowest BCUT2D eigenvalue weighted by atomic mass is 9.93. The topological polar surface area (TPSA) is 112 Å². The summed E-state index contributed by atoms with van der Waals surface area (Å²) in [6.45, 7) is 3.82. The van der Waals surface area contributed by atoms with Gasteiger partial charge in [0.25, 0.3) is 5.56 Å². The van der Waals surface area contributed by atoms with Gasteiger partial charge < -0.3 is 18.9 Å². The minimum Gasteiger partial charge on any atom is -0.496 e. The van der Waals surface area contributed by atoms with Crippen LogP contribution in [0.1, 0.15) is 43.9 Å². The Morgan fingerprint density at radius 2 is 1.90 bits per heavy atom. The van der Waals surface area contributed by atoms with Crippen molar-refractivity contribution in [3.63, 3.8) is 0 Å². The van der Waals surface area contributed by atoms with Gasteiger partial charge in [-0.3, -0.25) is 9.36 Å². The predicted molar refractivity (Wildman–Crippen MR) is 154 cm³/mol. The molecule has 1 aromatic heterocycles. The summed E-state index contributed by atoms with van der Waals surface area (Å²) >= 11 is 4.76. The maximum Gasteiger partial charge on any atom is 0.338 e. The van der Waals surface area contributed by atoms with Crippen LogP contribution in [0.2, 0.25) is 0 Å². The van der Waals surface area contributed by atoms with Gasteiger partial charge >= 0.3 is 5.97 Å². The van der Waals surface area contributed by atoms with E-state index in [2.05, 4.69) is 15.9 Å². The van der Waals surface area contributed by atoms with Crippen LogP contribution in [0.15, 0.2) is 61.9 Å². The monoisotopic (exact) mass is 625 g/mol. The van der Waals surface area contributed by atoms with Crippen LogP contribution in [-0.4, -0.2) is 38.0 Å². The van der Waals surface area contributed by atoms with Gasteiger partial charge in [-0.15, -0.1) is 0 Å². The first kappa shape index (κ1) is 29.1. The number of carbonyl (C=O) groups excluding carboxylic acids is 1. The van der Waals surface area contributed by atoms with Crippen molar-refractivity contribution in [2.45, 2.75) is 32.7 Å². The summed E-state index contributed by atoms with van der Waals surface area (Å²) in [5.74, 6) is 0.866. The summed E-state index contributed by atoms with van der Waals surface area (Å²) in [5, 5.41) is 8.83. The Labute approximate surface area is 243 Å². The van der Waals surface area contributed by atoms with Gasteiger partial charge in [0.05, 0.1) is 36.6 Å². The molecule has 0 saturated carbocycles. The number of nitrogens with zero attached hydrogens (tertiary/aromatic N) is 3. The lowest BCUT2D eigenvalue weighted by molar-refractivity contribution is -0.139. The summed E-state index contributed by atoms with van der Waals surface area (Å²) in [5.41, 5.74) is 1.93. The zero-order valence-electron chi connectivity index (χ0n) is 22.5. The summed E-state index contributed by atoms with van der Waals surface area (Å²) in [4.78, 5) is 32.7. The van der Waals surface area contributed by atoms with E-state index in [1.165, 1.54) is 23.0 Å². The van der Waals surface area contributed by atoms with Crippen LogP contribution < -0.4 is 29.1 Å². The molecule has 208 valence electrons. The molecule has 0 saturated heterocycles. The predicted octanol–water partition coefficient (Wildman–Crippen LogP) is 4.26. The third-order valence-electron chi connectivity index (χ3n) is 6.16. The van der Waals surface area contributed by atoms with Crippen molar-refractivity contribution >= 4 is 39.3 Å². The number of benzene rings is 2. The van der Waals surface area contributed by atoms with Crippen LogP contribution in [0.3, 0.4) is 0 Å². The van der Waals surface area contributed by atoms with Crippen LogP contribution in [-0.2, 0) is 9.53 Å². The number of ether oxygens (including phenoxy) is 4. The zero-order valence-corrected chi connectivity index (χ0v) is 24.9. The highest BCUT2D eigenvalue weighted by molar-refractivity contribution is 9.10. The van der Waals surface area contributed by atoms with Crippen LogP contribution in [0.25, 0.3) is 6.08 Å². The molecule has 3 aromatic rings. The van der Waals surface area contributed by atoms with E-state index in [1.807, 2.05) is 25.1 Å². The SMILES string of the molecule is CCCC1=C(C(=O)OCC)[C@H](c2cc(Br)ccc2OC)n2c(s/c(=C/c3ccc(OCC#N)c(OC)c3)c2=O)=N1. The van der Waals surface area contributed by atoms with Gasteiger partial charge in [-0.25, -0.2) is 9.79 Å². The Morgan fingerprint density at radius 3 is 2.58 bits per heavy atom. The summed E-state index contributed by atoms with van der Waals surface area (Å²) < 4.78 is 24.7. The highest BCUT2D eigenvalue weighted by atomic mass is 79.9. The number of rotatable bonds is 10. The molecule has 0 fully saturated rings. The van der Waals surface area contributed by atoms with E-state index in [1.54, 1.807) is 44.4 Å². The van der Waals surface area contributed by atoms with Crippen LogP contribution >= 0.6 is 27.3 Å². The highest BCUT2D eigenvalue weighted by Crippen LogP contribution is 2.38. The minimum atomic E-state index is -0.803. The fraction of sp³-hybridized carbons (Fsp3) is 0.310. The van der Waals surface area contributed by atoms with E-state index in [9.17, 15) is 9.59 Å². The number of halogens is 1. The van der Waals surface area contributed by atoms with Gasteiger partial charge in [0.1, 0.15) is 17.9 Å². The molecule has 11 heteroatoms. The number of hydrogen-bond acceptors (Lipinski definition) is 9. The lowest BCUT2D eigenvalue weighted by Gasteiger charge is -2.27. The Balaban J connectivity index is 1.97. The second-order valence-corrected chi connectivity index (χ2v) is 10.6. The lowest BCUT2D eigenvalue weighted by Crippen LogP contribution is -2.40. The molecule has 0 spiro atoms. The molecule has 0 bridgehead atoms. The average Bonchev–Trinajstić information content (AvgIpc) is 3.25. The maximum absolute atomic E-state index is 14.0. The van der Waals surface area contributed by atoms with Crippen LogP contribution in [0.5, 0.6) is 17.2 Å². The first-order valence-corrected chi connectivity index (χ1v) is 14.2. The van der Waals surface area contributed by atoms with Crippen molar-refractivity contribution < 1.29 is 23.7 Å². The van der Waals surface area contributed by atoms with Crippen molar-refractivity contribution in [2.75, 3.05) is 27.4 Å². The molecule has 0 unspecified atom stereocenters. The fourth-order valence-electron chi connectivity index (χ4n) is 4.49. The number of carbonyl (C=O) groups is 1. The third kappa shape index (κ3) is 5.83.